The van der Waals surface area contributed by atoms with Crippen LogP contribution in [0.2, 0.25) is 0 Å². The number of imidazole rings is 1. The molecule has 2 fully saturated rings. The molecule has 0 spiro atoms. The SMILES string of the molecule is O=C(NCCCCCC(=O)N1CCNCCNCCNCC1)C1OC(n2cnc3c(NC4CCc5ccccc54)ncnc32)C(O)C1O. The van der Waals surface area contributed by atoms with Crippen LogP contribution < -0.4 is 26.6 Å². The van der Waals surface area contributed by atoms with Gasteiger partial charge in [0.25, 0.3) is 5.91 Å². The van der Waals surface area contributed by atoms with Gasteiger partial charge in [0.15, 0.2) is 29.3 Å². The highest BCUT2D eigenvalue weighted by Crippen LogP contribution is 2.36. The van der Waals surface area contributed by atoms with Crippen molar-refractivity contribution in [2.24, 2.45) is 0 Å². The molecule has 4 heterocycles. The summed E-state index contributed by atoms with van der Waals surface area (Å²) in [6.45, 7) is 6.84. The number of hydrogen-bond acceptors (Lipinski definition) is 12. The van der Waals surface area contributed by atoms with E-state index in [0.29, 0.717) is 49.5 Å². The number of aliphatic hydroxyl groups excluding tert-OH is 2. The summed E-state index contributed by atoms with van der Waals surface area (Å²) in [7, 11) is 0. The Morgan fingerprint density at radius 1 is 0.917 bits per heavy atom. The number of aliphatic hydroxyl groups is 2. The number of aryl methyl sites for hydroxylation is 1. The second kappa shape index (κ2) is 16.6. The normalized spacial score (nSPS) is 25.3. The van der Waals surface area contributed by atoms with E-state index in [1.165, 1.54) is 28.3 Å². The summed E-state index contributed by atoms with van der Waals surface area (Å²) in [6.07, 6.45) is 2.32. The van der Waals surface area contributed by atoms with Gasteiger partial charge in [-0.1, -0.05) is 30.7 Å². The third-order valence-corrected chi connectivity index (χ3v) is 9.37. The highest BCUT2D eigenvalue weighted by Gasteiger charge is 2.47. The van der Waals surface area contributed by atoms with Crippen LogP contribution >= 0.6 is 0 Å². The van der Waals surface area contributed by atoms with E-state index in [9.17, 15) is 19.8 Å². The predicted octanol–water partition coefficient (Wildman–Crippen LogP) is -0.167. The first-order chi connectivity index (χ1) is 23.5. The van der Waals surface area contributed by atoms with Gasteiger partial charge in [0.2, 0.25) is 5.91 Å². The number of amides is 2. The van der Waals surface area contributed by atoms with Crippen molar-refractivity contribution >= 4 is 28.8 Å². The number of rotatable bonds is 10. The van der Waals surface area contributed by atoms with E-state index in [1.807, 2.05) is 17.0 Å². The Morgan fingerprint density at radius 3 is 2.46 bits per heavy atom. The van der Waals surface area contributed by atoms with Gasteiger partial charge >= 0.3 is 0 Å². The third-order valence-electron chi connectivity index (χ3n) is 9.37. The molecule has 5 atom stereocenters. The molecular weight excluding hydrogens is 616 g/mol. The molecule has 0 bridgehead atoms. The summed E-state index contributed by atoms with van der Waals surface area (Å²) >= 11 is 0. The highest BCUT2D eigenvalue weighted by molar-refractivity contribution is 5.84. The first-order valence-electron chi connectivity index (χ1n) is 17.2. The van der Waals surface area contributed by atoms with E-state index >= 15 is 0 Å². The molecule has 5 unspecified atom stereocenters. The van der Waals surface area contributed by atoms with Crippen LogP contribution in [0.3, 0.4) is 0 Å². The summed E-state index contributed by atoms with van der Waals surface area (Å²) in [5, 5.41) is 38.1. The van der Waals surface area contributed by atoms with Crippen LogP contribution in [0.5, 0.6) is 0 Å². The lowest BCUT2D eigenvalue weighted by Crippen LogP contribution is -2.44. The Labute approximate surface area is 280 Å². The topological polar surface area (TPSA) is 191 Å². The predicted molar refractivity (Wildman–Crippen MR) is 179 cm³/mol. The molecule has 3 aromatic rings. The monoisotopic (exact) mass is 664 g/mol. The van der Waals surface area contributed by atoms with Crippen molar-refractivity contribution in [2.75, 3.05) is 64.2 Å². The average Bonchev–Trinajstić information content (AvgIpc) is 3.79. The maximum absolute atomic E-state index is 13.0. The summed E-state index contributed by atoms with van der Waals surface area (Å²) in [4.78, 5) is 41.1. The quantitative estimate of drug-likeness (QED) is 0.142. The summed E-state index contributed by atoms with van der Waals surface area (Å²) in [6, 6.07) is 8.41. The standard InChI is InChI=1S/C33H48N10O5/c44-25(42-18-16-35-14-12-34-13-15-36-17-19-42)8-2-1-5-11-37-32(47)29-27(45)28(46)33(48-29)43-21-40-26-30(38-20-39-31(26)43)41-24-10-9-22-6-3-4-7-23(22)24/h3-4,6-7,20-21,24,27-29,33-36,45-46H,1-2,5,8-19H2,(H,37,47)(H,38,39,41). The summed E-state index contributed by atoms with van der Waals surface area (Å²) < 4.78 is 7.45. The van der Waals surface area contributed by atoms with Crippen LogP contribution in [0, 0.1) is 0 Å². The molecule has 15 nitrogen and oxygen atoms in total. The molecule has 1 aromatic carbocycles. The fourth-order valence-corrected chi connectivity index (χ4v) is 6.69. The van der Waals surface area contributed by atoms with Crippen molar-refractivity contribution in [1.82, 2.24) is 45.7 Å². The summed E-state index contributed by atoms with van der Waals surface area (Å²) in [5.74, 6) is 0.204. The van der Waals surface area contributed by atoms with Gasteiger partial charge in [0.1, 0.15) is 18.5 Å². The molecule has 2 amide bonds. The van der Waals surface area contributed by atoms with Gasteiger partial charge in [-0.05, 0) is 36.8 Å². The number of carbonyl (C=O) groups excluding carboxylic acids is 2. The Bertz CT molecular complexity index is 1510. The Hall–Kier alpha value is -3.73. The lowest BCUT2D eigenvalue weighted by atomic mass is 10.1. The van der Waals surface area contributed by atoms with Crippen LogP contribution in [0.4, 0.5) is 5.82 Å². The molecule has 2 saturated heterocycles. The van der Waals surface area contributed by atoms with E-state index < -0.39 is 30.4 Å². The van der Waals surface area contributed by atoms with E-state index in [2.05, 4.69) is 53.7 Å². The van der Waals surface area contributed by atoms with Crippen molar-refractivity contribution in [1.29, 1.82) is 0 Å². The second-order valence-corrected chi connectivity index (χ2v) is 12.6. The zero-order valence-corrected chi connectivity index (χ0v) is 27.3. The van der Waals surface area contributed by atoms with Gasteiger partial charge in [-0.15, -0.1) is 0 Å². The maximum atomic E-state index is 13.0. The van der Waals surface area contributed by atoms with Crippen molar-refractivity contribution in [3.63, 3.8) is 0 Å². The molecule has 2 aliphatic heterocycles. The van der Waals surface area contributed by atoms with Crippen molar-refractivity contribution in [2.45, 2.75) is 69.1 Å². The smallest absolute Gasteiger partial charge is 0.252 e. The number of unbranched alkanes of at least 4 members (excludes halogenated alkanes) is 2. The Kier molecular flexibility index (Phi) is 11.8. The largest absolute Gasteiger partial charge is 0.387 e. The van der Waals surface area contributed by atoms with Gasteiger partial charge in [0.05, 0.1) is 12.4 Å². The minimum Gasteiger partial charge on any atom is -0.387 e. The minimum absolute atomic E-state index is 0.0916. The number of aromatic nitrogens is 4. The minimum atomic E-state index is -1.43. The number of nitrogens with one attached hydrogen (secondary N) is 5. The number of benzene rings is 1. The molecule has 6 rings (SSSR count). The molecule has 7 N–H and O–H groups in total. The lowest BCUT2D eigenvalue weighted by molar-refractivity contribution is -0.137. The molecule has 3 aliphatic rings. The Morgan fingerprint density at radius 2 is 1.67 bits per heavy atom. The summed E-state index contributed by atoms with van der Waals surface area (Å²) in [5.41, 5.74) is 3.47. The van der Waals surface area contributed by atoms with E-state index in [0.717, 1.165) is 65.0 Å². The van der Waals surface area contributed by atoms with Gasteiger partial charge in [0, 0.05) is 65.3 Å². The zero-order valence-electron chi connectivity index (χ0n) is 27.3. The molecule has 0 radical (unpaired) electrons. The fraction of sp³-hybridized carbons (Fsp3) is 0.606. The van der Waals surface area contributed by atoms with Gasteiger partial charge in [-0.2, -0.15) is 0 Å². The zero-order chi connectivity index (χ0) is 33.3. The molecule has 0 saturated carbocycles. The number of nitrogens with zero attached hydrogens (tertiary/aromatic N) is 5. The molecule has 15 heteroatoms. The van der Waals surface area contributed by atoms with E-state index in [1.54, 1.807) is 0 Å². The fourth-order valence-electron chi connectivity index (χ4n) is 6.69. The third kappa shape index (κ3) is 8.10. The van der Waals surface area contributed by atoms with Crippen LogP contribution in [0.1, 0.15) is 55.5 Å². The van der Waals surface area contributed by atoms with Crippen LogP contribution in [-0.2, 0) is 20.7 Å². The number of anilines is 1. The van der Waals surface area contributed by atoms with Gasteiger partial charge in [-0.3, -0.25) is 14.2 Å². The Balaban J connectivity index is 0.962. The number of carbonyl (C=O) groups is 2. The molecule has 1 aliphatic carbocycles. The second-order valence-electron chi connectivity index (χ2n) is 12.6. The number of ether oxygens (including phenoxy) is 1. The van der Waals surface area contributed by atoms with E-state index in [4.69, 9.17) is 4.74 Å². The maximum Gasteiger partial charge on any atom is 0.252 e. The van der Waals surface area contributed by atoms with E-state index in [-0.39, 0.29) is 11.9 Å². The van der Waals surface area contributed by atoms with Gasteiger partial charge < -0.3 is 46.4 Å². The number of fused-ring (bicyclic) bond motifs is 2. The van der Waals surface area contributed by atoms with Gasteiger partial charge in [-0.25, -0.2) is 15.0 Å². The van der Waals surface area contributed by atoms with Crippen LogP contribution in [0.15, 0.2) is 36.9 Å². The average molecular weight is 665 g/mol. The molecular formula is C33H48N10O5. The van der Waals surface area contributed by atoms with Crippen molar-refractivity contribution < 1.29 is 24.5 Å². The number of hydrogen-bond donors (Lipinski definition) is 7. The first-order valence-corrected chi connectivity index (χ1v) is 17.2. The lowest BCUT2D eigenvalue weighted by Gasteiger charge is -2.24. The molecule has 48 heavy (non-hydrogen) atoms. The van der Waals surface area contributed by atoms with Crippen LogP contribution in [-0.4, -0.2) is 124 Å². The first kappa shape index (κ1) is 34.1. The van der Waals surface area contributed by atoms with Crippen molar-refractivity contribution in [3.05, 3.63) is 48.0 Å². The van der Waals surface area contributed by atoms with Crippen LogP contribution in [0.25, 0.3) is 11.2 Å². The highest BCUT2D eigenvalue weighted by atomic mass is 16.6. The van der Waals surface area contributed by atoms with Crippen molar-refractivity contribution in [3.8, 4) is 0 Å². The molecule has 2 aromatic heterocycles. The molecule has 260 valence electrons.